The zero-order valence-electron chi connectivity index (χ0n) is 17.3. The molecule has 0 atom stereocenters. The first-order valence-corrected chi connectivity index (χ1v) is 9.76. The van der Waals surface area contributed by atoms with E-state index in [1.165, 1.54) is 0 Å². The molecule has 30 heavy (non-hydrogen) atoms. The maximum atomic E-state index is 13.0. The highest BCUT2D eigenvalue weighted by molar-refractivity contribution is 5.94. The van der Waals surface area contributed by atoms with Crippen LogP contribution in [-0.2, 0) is 13.6 Å². The number of H-pyrrole nitrogens is 1. The minimum Gasteiger partial charge on any atom is -0.281 e. The van der Waals surface area contributed by atoms with Crippen LogP contribution in [0.25, 0.3) is 11.3 Å². The van der Waals surface area contributed by atoms with E-state index in [4.69, 9.17) is 0 Å². The van der Waals surface area contributed by atoms with Crippen molar-refractivity contribution in [2.45, 2.75) is 20.4 Å². The van der Waals surface area contributed by atoms with Crippen molar-refractivity contribution in [1.29, 1.82) is 0 Å². The summed E-state index contributed by atoms with van der Waals surface area (Å²) in [6.07, 6.45) is 0. The van der Waals surface area contributed by atoms with Gasteiger partial charge in [-0.2, -0.15) is 10.2 Å². The van der Waals surface area contributed by atoms with E-state index in [2.05, 4.69) is 20.7 Å². The Morgan fingerprint density at radius 3 is 2.37 bits per heavy atom. The number of hydrogen-bond acceptors (Lipinski definition) is 4. The molecule has 2 heterocycles. The first-order valence-electron chi connectivity index (χ1n) is 9.76. The standard InChI is InChI=1S/C23H24N6O/c1-16-22(17(2)28(3)26-16)20-14-21(25-24-20)23(30)27-29(19-12-8-5-9-13-19)15-18-10-6-4-7-11-18/h4-14H,15H2,1-3H3,(H,24,25)(H,27,30). The number of rotatable bonds is 6. The highest BCUT2D eigenvalue weighted by Gasteiger charge is 2.19. The van der Waals surface area contributed by atoms with E-state index < -0.39 is 0 Å². The number of hydrazine groups is 1. The number of anilines is 1. The second kappa shape index (κ2) is 8.24. The molecule has 2 aromatic carbocycles. The summed E-state index contributed by atoms with van der Waals surface area (Å²) in [5.74, 6) is -0.257. The van der Waals surface area contributed by atoms with Crippen molar-refractivity contribution in [2.75, 3.05) is 5.01 Å². The van der Waals surface area contributed by atoms with Gasteiger partial charge in [0.25, 0.3) is 5.91 Å². The maximum absolute atomic E-state index is 13.0. The van der Waals surface area contributed by atoms with E-state index in [9.17, 15) is 4.79 Å². The zero-order chi connectivity index (χ0) is 21.1. The van der Waals surface area contributed by atoms with Crippen molar-refractivity contribution in [3.63, 3.8) is 0 Å². The molecule has 0 radical (unpaired) electrons. The number of benzene rings is 2. The number of aromatic amines is 1. The van der Waals surface area contributed by atoms with Crippen LogP contribution in [0.15, 0.2) is 66.7 Å². The normalized spacial score (nSPS) is 10.8. The van der Waals surface area contributed by atoms with E-state index in [0.29, 0.717) is 17.9 Å². The summed E-state index contributed by atoms with van der Waals surface area (Å²) in [6.45, 7) is 4.47. The van der Waals surface area contributed by atoms with Crippen LogP contribution in [0.3, 0.4) is 0 Å². The van der Waals surface area contributed by atoms with E-state index >= 15 is 0 Å². The molecule has 0 bridgehead atoms. The molecule has 0 aliphatic rings. The number of para-hydroxylation sites is 1. The minimum atomic E-state index is -0.257. The molecule has 7 nitrogen and oxygen atoms in total. The van der Waals surface area contributed by atoms with E-state index in [1.807, 2.05) is 91.2 Å². The lowest BCUT2D eigenvalue weighted by atomic mass is 10.1. The Morgan fingerprint density at radius 1 is 1.07 bits per heavy atom. The molecular weight excluding hydrogens is 376 g/mol. The number of hydrogen-bond donors (Lipinski definition) is 2. The summed E-state index contributed by atoms with van der Waals surface area (Å²) in [4.78, 5) is 13.0. The molecule has 1 amide bonds. The molecule has 7 heteroatoms. The maximum Gasteiger partial charge on any atom is 0.287 e. The third-order valence-electron chi connectivity index (χ3n) is 5.08. The molecule has 0 saturated carbocycles. The van der Waals surface area contributed by atoms with Crippen molar-refractivity contribution >= 4 is 11.6 Å². The Bertz CT molecular complexity index is 1150. The summed E-state index contributed by atoms with van der Waals surface area (Å²) in [7, 11) is 1.90. The molecule has 2 N–H and O–H groups in total. The molecule has 2 aromatic heterocycles. The Kier molecular flexibility index (Phi) is 5.34. The Labute approximate surface area is 175 Å². The lowest BCUT2D eigenvalue weighted by molar-refractivity contribution is 0.0943. The second-order valence-corrected chi connectivity index (χ2v) is 7.18. The van der Waals surface area contributed by atoms with Gasteiger partial charge in [0, 0.05) is 18.3 Å². The van der Waals surface area contributed by atoms with Gasteiger partial charge in [0.1, 0.15) is 5.69 Å². The topological polar surface area (TPSA) is 78.8 Å². The highest BCUT2D eigenvalue weighted by Crippen LogP contribution is 2.25. The predicted octanol–water partition coefficient (Wildman–Crippen LogP) is 3.78. The van der Waals surface area contributed by atoms with E-state index in [-0.39, 0.29) is 5.91 Å². The third-order valence-corrected chi connectivity index (χ3v) is 5.08. The average molecular weight is 400 g/mol. The Morgan fingerprint density at radius 2 is 1.73 bits per heavy atom. The van der Waals surface area contributed by atoms with Crippen LogP contribution in [0, 0.1) is 13.8 Å². The molecule has 152 valence electrons. The molecule has 4 aromatic rings. The van der Waals surface area contributed by atoms with Crippen LogP contribution in [0.2, 0.25) is 0 Å². The minimum absolute atomic E-state index is 0.257. The molecule has 0 saturated heterocycles. The van der Waals surface area contributed by atoms with E-state index in [0.717, 1.165) is 28.2 Å². The Hall–Kier alpha value is -3.87. The van der Waals surface area contributed by atoms with Crippen LogP contribution < -0.4 is 10.4 Å². The van der Waals surface area contributed by atoms with Crippen molar-refractivity contribution in [2.24, 2.45) is 7.05 Å². The molecule has 0 fully saturated rings. The second-order valence-electron chi connectivity index (χ2n) is 7.18. The van der Waals surface area contributed by atoms with Crippen molar-refractivity contribution in [1.82, 2.24) is 25.4 Å². The van der Waals surface area contributed by atoms with Gasteiger partial charge in [-0.3, -0.25) is 25.0 Å². The smallest absolute Gasteiger partial charge is 0.281 e. The van der Waals surface area contributed by atoms with Gasteiger partial charge in [-0.25, -0.2) is 0 Å². The van der Waals surface area contributed by atoms with Crippen molar-refractivity contribution < 1.29 is 4.79 Å². The van der Waals surface area contributed by atoms with Gasteiger partial charge in [0.15, 0.2) is 0 Å². The van der Waals surface area contributed by atoms with Gasteiger partial charge in [-0.15, -0.1) is 0 Å². The number of aromatic nitrogens is 4. The number of carbonyl (C=O) groups excluding carboxylic acids is 1. The number of carbonyl (C=O) groups is 1. The van der Waals surface area contributed by atoms with Gasteiger partial charge < -0.3 is 0 Å². The van der Waals surface area contributed by atoms with Crippen LogP contribution in [0.4, 0.5) is 5.69 Å². The summed E-state index contributed by atoms with van der Waals surface area (Å²) in [5.41, 5.74) is 8.90. The summed E-state index contributed by atoms with van der Waals surface area (Å²) in [5, 5.41) is 13.5. The van der Waals surface area contributed by atoms with Crippen molar-refractivity contribution in [3.05, 3.63) is 89.4 Å². The third kappa shape index (κ3) is 3.96. The van der Waals surface area contributed by atoms with Gasteiger partial charge in [-0.05, 0) is 37.6 Å². The molecule has 0 spiro atoms. The first-order chi connectivity index (χ1) is 14.5. The number of amides is 1. The quantitative estimate of drug-likeness (QED) is 0.483. The SMILES string of the molecule is Cc1nn(C)c(C)c1-c1cc(C(=O)NN(Cc2ccccc2)c2ccccc2)[nH]n1. The van der Waals surface area contributed by atoms with Gasteiger partial charge in [0.05, 0.1) is 23.6 Å². The summed E-state index contributed by atoms with van der Waals surface area (Å²) < 4.78 is 1.82. The monoisotopic (exact) mass is 400 g/mol. The number of nitrogens with zero attached hydrogens (tertiary/aromatic N) is 4. The van der Waals surface area contributed by atoms with Crippen LogP contribution >= 0.6 is 0 Å². The summed E-state index contributed by atoms with van der Waals surface area (Å²) >= 11 is 0. The Balaban J connectivity index is 1.58. The summed E-state index contributed by atoms with van der Waals surface area (Å²) in [6, 6.07) is 21.5. The number of aryl methyl sites for hydroxylation is 2. The lowest BCUT2D eigenvalue weighted by Crippen LogP contribution is -2.42. The van der Waals surface area contributed by atoms with Crippen molar-refractivity contribution in [3.8, 4) is 11.3 Å². The average Bonchev–Trinajstić information content (AvgIpc) is 3.33. The van der Waals surface area contributed by atoms with Crippen LogP contribution in [-0.4, -0.2) is 25.9 Å². The highest BCUT2D eigenvalue weighted by atomic mass is 16.2. The van der Waals surface area contributed by atoms with E-state index in [1.54, 1.807) is 6.07 Å². The number of nitrogens with one attached hydrogen (secondary N) is 2. The predicted molar refractivity (Wildman–Crippen MR) is 117 cm³/mol. The van der Waals surface area contributed by atoms with Gasteiger partial charge >= 0.3 is 0 Å². The van der Waals surface area contributed by atoms with Gasteiger partial charge in [0.2, 0.25) is 0 Å². The van der Waals surface area contributed by atoms with Crippen LogP contribution in [0.5, 0.6) is 0 Å². The fourth-order valence-electron chi connectivity index (χ4n) is 3.46. The molecule has 4 rings (SSSR count). The zero-order valence-corrected chi connectivity index (χ0v) is 17.3. The molecule has 0 aliphatic carbocycles. The fraction of sp³-hybridized carbons (Fsp3) is 0.174. The first kappa shape index (κ1) is 19.4. The molecule has 0 aliphatic heterocycles. The van der Waals surface area contributed by atoms with Gasteiger partial charge in [-0.1, -0.05) is 48.5 Å². The lowest BCUT2D eigenvalue weighted by Gasteiger charge is -2.25. The van der Waals surface area contributed by atoms with Crippen LogP contribution in [0.1, 0.15) is 27.4 Å². The largest absolute Gasteiger partial charge is 0.287 e. The molecular formula is C23H24N6O. The fourth-order valence-corrected chi connectivity index (χ4v) is 3.46. The molecule has 0 unspecified atom stereocenters.